The normalized spacial score (nSPS) is 10.6. The second-order valence-corrected chi connectivity index (χ2v) is 5.67. The van der Waals surface area contributed by atoms with Crippen molar-refractivity contribution in [1.82, 2.24) is 4.98 Å². The van der Waals surface area contributed by atoms with Gasteiger partial charge in [-0.25, -0.2) is 4.98 Å². The van der Waals surface area contributed by atoms with Crippen LogP contribution in [-0.2, 0) is 5.75 Å². The SMILES string of the molecule is Cc1csc(SCc2ccc([N+](=O)[O-])c(F)c2)n1. The highest BCUT2D eigenvalue weighted by molar-refractivity contribution is 8.00. The summed E-state index contributed by atoms with van der Waals surface area (Å²) in [6.45, 7) is 1.91. The third-order valence-electron chi connectivity index (χ3n) is 2.17. The average Bonchev–Trinajstić information content (AvgIpc) is 2.72. The van der Waals surface area contributed by atoms with Crippen LogP contribution in [0.2, 0.25) is 0 Å². The minimum Gasteiger partial charge on any atom is -0.258 e. The van der Waals surface area contributed by atoms with Crippen molar-refractivity contribution in [2.24, 2.45) is 0 Å². The molecule has 0 aliphatic rings. The monoisotopic (exact) mass is 284 g/mol. The molecule has 0 aliphatic carbocycles. The Morgan fingerprint density at radius 2 is 2.33 bits per heavy atom. The second kappa shape index (κ2) is 5.45. The molecule has 7 heteroatoms. The summed E-state index contributed by atoms with van der Waals surface area (Å²) in [5, 5.41) is 12.4. The van der Waals surface area contributed by atoms with Crippen LogP contribution < -0.4 is 0 Å². The van der Waals surface area contributed by atoms with Crippen LogP contribution in [0.25, 0.3) is 0 Å². The molecule has 94 valence electrons. The zero-order chi connectivity index (χ0) is 13.1. The molecule has 0 saturated heterocycles. The number of benzene rings is 1. The minimum absolute atomic E-state index is 0.492. The van der Waals surface area contributed by atoms with Gasteiger partial charge in [0.1, 0.15) is 4.34 Å². The first-order valence-corrected chi connectivity index (χ1v) is 6.90. The smallest absolute Gasteiger partial charge is 0.258 e. The standard InChI is InChI=1S/C11H9FN2O2S2/c1-7-5-17-11(13-7)18-6-8-2-3-10(14(15)16)9(12)4-8/h2-5H,6H2,1H3. The number of nitro benzene ring substituents is 1. The van der Waals surface area contributed by atoms with E-state index in [9.17, 15) is 14.5 Å². The molecule has 0 fully saturated rings. The van der Waals surface area contributed by atoms with Gasteiger partial charge in [0.15, 0.2) is 0 Å². The van der Waals surface area contributed by atoms with E-state index in [1.165, 1.54) is 35.2 Å². The number of thioether (sulfide) groups is 1. The first-order valence-electron chi connectivity index (χ1n) is 5.04. The number of thiazole rings is 1. The van der Waals surface area contributed by atoms with Crippen LogP contribution >= 0.6 is 23.1 Å². The van der Waals surface area contributed by atoms with E-state index in [0.29, 0.717) is 11.3 Å². The van der Waals surface area contributed by atoms with Gasteiger partial charge in [-0.3, -0.25) is 10.1 Å². The molecule has 0 N–H and O–H groups in total. The summed E-state index contributed by atoms with van der Waals surface area (Å²) in [5.41, 5.74) is 1.17. The van der Waals surface area contributed by atoms with Gasteiger partial charge in [-0.2, -0.15) is 4.39 Å². The molecule has 0 atom stereocenters. The summed E-state index contributed by atoms with van der Waals surface area (Å²) in [6, 6.07) is 3.96. The maximum Gasteiger partial charge on any atom is 0.304 e. The molecule has 0 amide bonds. The van der Waals surface area contributed by atoms with Gasteiger partial charge >= 0.3 is 5.69 Å². The van der Waals surface area contributed by atoms with Crippen LogP contribution in [0.1, 0.15) is 11.3 Å². The first-order chi connectivity index (χ1) is 8.56. The Hall–Kier alpha value is -1.47. The van der Waals surface area contributed by atoms with Gasteiger partial charge in [0.05, 0.1) is 4.92 Å². The van der Waals surface area contributed by atoms with Crippen LogP contribution in [0.5, 0.6) is 0 Å². The van der Waals surface area contributed by atoms with E-state index < -0.39 is 16.4 Å². The maximum absolute atomic E-state index is 13.4. The average molecular weight is 284 g/mol. The number of rotatable bonds is 4. The van der Waals surface area contributed by atoms with Crippen LogP contribution in [0.15, 0.2) is 27.9 Å². The van der Waals surface area contributed by atoms with E-state index in [4.69, 9.17) is 0 Å². The van der Waals surface area contributed by atoms with Gasteiger partial charge in [0, 0.05) is 22.9 Å². The molecule has 0 aliphatic heterocycles. The molecule has 0 radical (unpaired) electrons. The molecule has 2 rings (SSSR count). The molecule has 1 heterocycles. The zero-order valence-corrected chi connectivity index (χ0v) is 11.1. The highest BCUT2D eigenvalue weighted by atomic mass is 32.2. The summed E-state index contributed by atoms with van der Waals surface area (Å²) >= 11 is 3.02. The van der Waals surface area contributed by atoms with Gasteiger partial charge in [-0.15, -0.1) is 11.3 Å². The Morgan fingerprint density at radius 3 is 2.89 bits per heavy atom. The Kier molecular flexibility index (Phi) is 3.93. The number of nitro groups is 1. The molecule has 1 aromatic heterocycles. The predicted molar refractivity (Wildman–Crippen MR) is 69.5 cm³/mol. The number of aromatic nitrogens is 1. The Labute approximate surface area is 111 Å². The van der Waals surface area contributed by atoms with E-state index in [2.05, 4.69) is 4.98 Å². The van der Waals surface area contributed by atoms with Crippen molar-refractivity contribution in [3.8, 4) is 0 Å². The van der Waals surface area contributed by atoms with Crippen molar-refractivity contribution in [3.63, 3.8) is 0 Å². The van der Waals surface area contributed by atoms with E-state index >= 15 is 0 Å². The topological polar surface area (TPSA) is 56.0 Å². The van der Waals surface area contributed by atoms with Crippen LogP contribution in [0.4, 0.5) is 10.1 Å². The van der Waals surface area contributed by atoms with Crippen LogP contribution in [0.3, 0.4) is 0 Å². The molecular formula is C11H9FN2O2S2. The lowest BCUT2D eigenvalue weighted by Gasteiger charge is -2.00. The molecule has 0 saturated carbocycles. The molecular weight excluding hydrogens is 275 g/mol. The number of halogens is 1. The van der Waals surface area contributed by atoms with Crippen LogP contribution in [0, 0.1) is 22.9 Å². The van der Waals surface area contributed by atoms with E-state index in [-0.39, 0.29) is 0 Å². The van der Waals surface area contributed by atoms with Crippen molar-refractivity contribution in [3.05, 3.63) is 50.8 Å². The Bertz CT molecular complexity index is 586. The highest BCUT2D eigenvalue weighted by Crippen LogP contribution is 2.27. The molecule has 1 aromatic carbocycles. The predicted octanol–water partition coefficient (Wildman–Crippen LogP) is 3.79. The fourth-order valence-electron chi connectivity index (χ4n) is 1.33. The number of hydrogen-bond acceptors (Lipinski definition) is 5. The van der Waals surface area contributed by atoms with Gasteiger partial charge in [0.25, 0.3) is 0 Å². The summed E-state index contributed by atoms with van der Waals surface area (Å²) in [6.07, 6.45) is 0. The largest absolute Gasteiger partial charge is 0.304 e. The maximum atomic E-state index is 13.4. The van der Waals surface area contributed by atoms with Gasteiger partial charge in [0.2, 0.25) is 5.82 Å². The highest BCUT2D eigenvalue weighted by Gasteiger charge is 2.13. The lowest BCUT2D eigenvalue weighted by Crippen LogP contribution is -1.93. The second-order valence-electron chi connectivity index (χ2n) is 3.59. The van der Waals surface area contributed by atoms with Crippen LogP contribution in [-0.4, -0.2) is 9.91 Å². The van der Waals surface area contributed by atoms with Gasteiger partial charge in [-0.1, -0.05) is 17.8 Å². The fourth-order valence-corrected chi connectivity index (χ4v) is 3.12. The van der Waals surface area contributed by atoms with Crippen molar-refractivity contribution >= 4 is 28.8 Å². The first kappa shape index (κ1) is 13.0. The molecule has 0 bridgehead atoms. The zero-order valence-electron chi connectivity index (χ0n) is 9.42. The van der Waals surface area contributed by atoms with Gasteiger partial charge in [-0.05, 0) is 18.6 Å². The summed E-state index contributed by atoms with van der Waals surface area (Å²) < 4.78 is 14.3. The lowest BCUT2D eigenvalue weighted by atomic mass is 10.2. The lowest BCUT2D eigenvalue weighted by molar-refractivity contribution is -0.387. The summed E-state index contributed by atoms with van der Waals surface area (Å²) in [4.78, 5) is 14.0. The Morgan fingerprint density at radius 1 is 1.56 bits per heavy atom. The third kappa shape index (κ3) is 3.05. The van der Waals surface area contributed by atoms with E-state index in [1.54, 1.807) is 6.07 Å². The molecule has 2 aromatic rings. The molecule has 0 spiro atoms. The van der Waals surface area contributed by atoms with Gasteiger partial charge < -0.3 is 0 Å². The number of aryl methyl sites for hydroxylation is 1. The third-order valence-corrected chi connectivity index (χ3v) is 4.38. The summed E-state index contributed by atoms with van der Waals surface area (Å²) in [7, 11) is 0. The van der Waals surface area contributed by atoms with Crippen molar-refractivity contribution in [2.45, 2.75) is 17.0 Å². The molecule has 18 heavy (non-hydrogen) atoms. The van der Waals surface area contributed by atoms with Crippen molar-refractivity contribution in [2.75, 3.05) is 0 Å². The quantitative estimate of drug-likeness (QED) is 0.487. The molecule has 0 unspecified atom stereocenters. The van der Waals surface area contributed by atoms with E-state index in [0.717, 1.165) is 10.0 Å². The Balaban J connectivity index is 2.06. The van der Waals surface area contributed by atoms with E-state index in [1.807, 2.05) is 12.3 Å². The molecule has 4 nitrogen and oxygen atoms in total. The number of hydrogen-bond donors (Lipinski definition) is 0. The fraction of sp³-hybridized carbons (Fsp3) is 0.182. The minimum atomic E-state index is -0.798. The van der Waals surface area contributed by atoms with Crippen molar-refractivity contribution in [1.29, 1.82) is 0 Å². The number of nitrogens with zero attached hydrogens (tertiary/aromatic N) is 2. The summed E-state index contributed by atoms with van der Waals surface area (Å²) in [5.74, 6) is -0.254. The van der Waals surface area contributed by atoms with Crippen molar-refractivity contribution < 1.29 is 9.31 Å².